The summed E-state index contributed by atoms with van der Waals surface area (Å²) in [6.07, 6.45) is 2.73. The second kappa shape index (κ2) is 7.58. The quantitative estimate of drug-likeness (QED) is 0.794. The molecule has 1 atom stereocenters. The molecule has 0 bridgehead atoms. The number of thiophene rings is 1. The van der Waals surface area contributed by atoms with Gasteiger partial charge in [0.2, 0.25) is 0 Å². The van der Waals surface area contributed by atoms with Crippen molar-refractivity contribution in [1.29, 1.82) is 0 Å². The van der Waals surface area contributed by atoms with Crippen LogP contribution >= 0.6 is 11.3 Å². The third kappa shape index (κ3) is 4.90. The number of rotatable bonds is 7. The fraction of sp³-hybridized carbons (Fsp3) is 0.333. The molecule has 0 fully saturated rings. The van der Waals surface area contributed by atoms with Crippen molar-refractivity contribution in [1.82, 2.24) is 5.32 Å². The molecule has 1 aromatic carbocycles. The monoisotopic (exact) mass is 293 g/mol. The van der Waals surface area contributed by atoms with Gasteiger partial charge in [0, 0.05) is 34.2 Å². The van der Waals surface area contributed by atoms with Crippen LogP contribution in [0.5, 0.6) is 0 Å². The van der Waals surface area contributed by atoms with Gasteiger partial charge in [0.25, 0.3) is 0 Å². The molecule has 1 heterocycles. The minimum Gasteiger partial charge on any atom is -0.312 e. The number of hydrogen-bond donors (Lipinski definition) is 1. The van der Waals surface area contributed by atoms with Crippen LogP contribution in [-0.2, 0) is 17.3 Å². The molecule has 2 aromatic rings. The molecular formula is C15H19NOS2. The lowest BCUT2D eigenvalue weighted by atomic mass is 10.1. The van der Waals surface area contributed by atoms with Gasteiger partial charge in [-0.15, -0.1) is 11.3 Å². The Morgan fingerprint density at radius 2 is 2.00 bits per heavy atom. The van der Waals surface area contributed by atoms with Gasteiger partial charge >= 0.3 is 0 Å². The van der Waals surface area contributed by atoms with Gasteiger partial charge in [-0.2, -0.15) is 0 Å². The molecule has 0 amide bonds. The number of hydrogen-bond acceptors (Lipinski definition) is 3. The Hall–Kier alpha value is -0.970. The van der Waals surface area contributed by atoms with Crippen molar-refractivity contribution in [2.45, 2.75) is 13.0 Å². The molecule has 2 nitrogen and oxygen atoms in total. The van der Waals surface area contributed by atoms with Crippen LogP contribution in [0.3, 0.4) is 0 Å². The van der Waals surface area contributed by atoms with Crippen molar-refractivity contribution in [2.24, 2.45) is 0 Å². The van der Waals surface area contributed by atoms with E-state index in [1.165, 1.54) is 16.0 Å². The van der Waals surface area contributed by atoms with Crippen molar-refractivity contribution in [2.75, 3.05) is 18.6 Å². The van der Waals surface area contributed by atoms with E-state index in [0.717, 1.165) is 25.3 Å². The molecule has 1 aromatic heterocycles. The molecule has 4 heteroatoms. The summed E-state index contributed by atoms with van der Waals surface area (Å²) in [4.78, 5) is 1.34. The summed E-state index contributed by atoms with van der Waals surface area (Å²) in [5, 5.41) is 5.60. The molecule has 102 valence electrons. The second-order valence-corrected chi connectivity index (χ2v) is 7.03. The van der Waals surface area contributed by atoms with Crippen LogP contribution in [0.2, 0.25) is 0 Å². The Balaban J connectivity index is 1.80. The molecule has 0 aliphatic heterocycles. The summed E-state index contributed by atoms with van der Waals surface area (Å²) in [7, 11) is -0.672. The lowest BCUT2D eigenvalue weighted by Crippen LogP contribution is -2.15. The Morgan fingerprint density at radius 1 is 1.21 bits per heavy atom. The topological polar surface area (TPSA) is 29.1 Å². The summed E-state index contributed by atoms with van der Waals surface area (Å²) in [6, 6.07) is 12.7. The molecule has 0 aliphatic carbocycles. The number of nitrogens with one attached hydrogen (secondary N) is 1. The third-order valence-corrected chi connectivity index (χ3v) is 4.65. The van der Waals surface area contributed by atoms with Crippen LogP contribution in [0.1, 0.15) is 11.3 Å². The van der Waals surface area contributed by atoms with E-state index < -0.39 is 10.8 Å². The van der Waals surface area contributed by atoms with Crippen molar-refractivity contribution >= 4 is 22.1 Å². The van der Waals surface area contributed by atoms with Crippen molar-refractivity contribution in [3.8, 4) is 11.1 Å². The maximum absolute atomic E-state index is 10.9. The van der Waals surface area contributed by atoms with E-state index in [1.807, 2.05) is 6.07 Å². The van der Waals surface area contributed by atoms with E-state index >= 15 is 0 Å². The van der Waals surface area contributed by atoms with Crippen LogP contribution in [0.15, 0.2) is 41.8 Å². The van der Waals surface area contributed by atoms with E-state index in [0.29, 0.717) is 0 Å². The normalized spacial score (nSPS) is 12.5. The van der Waals surface area contributed by atoms with Gasteiger partial charge in [0.1, 0.15) is 0 Å². The van der Waals surface area contributed by atoms with Gasteiger partial charge in [-0.05, 0) is 35.5 Å². The van der Waals surface area contributed by atoms with Gasteiger partial charge in [0.15, 0.2) is 0 Å². The van der Waals surface area contributed by atoms with Crippen molar-refractivity contribution < 1.29 is 4.21 Å². The standard InChI is InChI=1S/C15H19NOS2/c1-19(17)9-5-8-16-11-15-10-14(12-18-15)13-6-3-2-4-7-13/h2-4,6-7,10,12,16H,5,8-9,11H2,1H3. The summed E-state index contributed by atoms with van der Waals surface area (Å²) >= 11 is 1.79. The van der Waals surface area contributed by atoms with Gasteiger partial charge in [-0.25, -0.2) is 0 Å². The zero-order chi connectivity index (χ0) is 13.5. The highest BCUT2D eigenvalue weighted by molar-refractivity contribution is 7.84. The van der Waals surface area contributed by atoms with Crippen molar-refractivity contribution in [3.05, 3.63) is 46.7 Å². The highest BCUT2D eigenvalue weighted by Gasteiger charge is 2.01. The maximum atomic E-state index is 10.9. The zero-order valence-electron chi connectivity index (χ0n) is 11.1. The maximum Gasteiger partial charge on any atom is 0.0299 e. The zero-order valence-corrected chi connectivity index (χ0v) is 12.7. The van der Waals surface area contributed by atoms with E-state index in [-0.39, 0.29) is 0 Å². The fourth-order valence-electron chi connectivity index (χ4n) is 1.87. The van der Waals surface area contributed by atoms with Crippen molar-refractivity contribution in [3.63, 3.8) is 0 Å². The van der Waals surface area contributed by atoms with Crippen LogP contribution < -0.4 is 5.32 Å². The number of benzene rings is 1. The Kier molecular flexibility index (Phi) is 5.76. The molecule has 0 saturated heterocycles. The fourth-order valence-corrected chi connectivity index (χ4v) is 3.28. The largest absolute Gasteiger partial charge is 0.312 e. The van der Waals surface area contributed by atoms with Crippen LogP contribution in [0.25, 0.3) is 11.1 Å². The summed E-state index contributed by atoms with van der Waals surface area (Å²) < 4.78 is 10.9. The first-order valence-electron chi connectivity index (χ1n) is 6.39. The third-order valence-electron chi connectivity index (χ3n) is 2.85. The van der Waals surface area contributed by atoms with Gasteiger partial charge in [-0.1, -0.05) is 30.3 Å². The molecule has 1 unspecified atom stereocenters. The average molecular weight is 293 g/mol. The first-order valence-corrected chi connectivity index (χ1v) is 9.00. The predicted octanol–water partition coefficient (Wildman–Crippen LogP) is 3.27. The Bertz CT molecular complexity index is 522. The molecule has 2 rings (SSSR count). The Morgan fingerprint density at radius 3 is 2.74 bits per heavy atom. The van der Waals surface area contributed by atoms with E-state index in [2.05, 4.69) is 41.0 Å². The lowest BCUT2D eigenvalue weighted by Gasteiger charge is -2.01. The highest BCUT2D eigenvalue weighted by atomic mass is 32.2. The summed E-state index contributed by atoms with van der Waals surface area (Å²) in [6.45, 7) is 1.83. The molecule has 19 heavy (non-hydrogen) atoms. The highest BCUT2D eigenvalue weighted by Crippen LogP contribution is 2.25. The molecule has 0 aliphatic rings. The second-order valence-electron chi connectivity index (χ2n) is 4.48. The van der Waals surface area contributed by atoms with Crippen LogP contribution in [0, 0.1) is 0 Å². The minimum atomic E-state index is -0.672. The van der Waals surface area contributed by atoms with Crippen LogP contribution in [0.4, 0.5) is 0 Å². The molecule has 0 spiro atoms. The predicted molar refractivity (Wildman–Crippen MR) is 85.0 cm³/mol. The molecule has 1 N–H and O–H groups in total. The lowest BCUT2D eigenvalue weighted by molar-refractivity contribution is 0.665. The van der Waals surface area contributed by atoms with E-state index in [1.54, 1.807) is 17.6 Å². The van der Waals surface area contributed by atoms with E-state index in [4.69, 9.17) is 0 Å². The SMILES string of the molecule is CS(=O)CCCNCc1cc(-c2ccccc2)cs1. The average Bonchev–Trinajstić information content (AvgIpc) is 2.88. The van der Waals surface area contributed by atoms with Crippen LogP contribution in [-0.4, -0.2) is 22.8 Å². The first-order chi connectivity index (χ1) is 9.25. The summed E-state index contributed by atoms with van der Waals surface area (Å²) in [5.41, 5.74) is 2.56. The summed E-state index contributed by atoms with van der Waals surface area (Å²) in [5.74, 6) is 0.784. The molecule has 0 radical (unpaired) electrons. The first kappa shape index (κ1) is 14.4. The van der Waals surface area contributed by atoms with Gasteiger partial charge in [-0.3, -0.25) is 4.21 Å². The van der Waals surface area contributed by atoms with Gasteiger partial charge < -0.3 is 5.32 Å². The minimum absolute atomic E-state index is 0.672. The van der Waals surface area contributed by atoms with Gasteiger partial charge in [0.05, 0.1) is 0 Å². The van der Waals surface area contributed by atoms with E-state index in [9.17, 15) is 4.21 Å². The Labute approximate surface area is 121 Å². The molecular weight excluding hydrogens is 274 g/mol. The molecule has 0 saturated carbocycles. The smallest absolute Gasteiger partial charge is 0.0299 e.